The van der Waals surface area contributed by atoms with Crippen molar-refractivity contribution in [3.63, 3.8) is 0 Å². The van der Waals surface area contributed by atoms with E-state index in [-0.39, 0.29) is 33.7 Å². The highest BCUT2D eigenvalue weighted by Crippen LogP contribution is 2.60. The van der Waals surface area contributed by atoms with Crippen LogP contribution < -0.4 is 20.9 Å². The lowest BCUT2D eigenvalue weighted by Gasteiger charge is -2.25. The fraction of sp³-hybridized carbons (Fsp3) is 0.370. The van der Waals surface area contributed by atoms with Crippen LogP contribution in [0.4, 0.5) is 5.82 Å². The second-order valence-electron chi connectivity index (χ2n) is 11.4. The topological polar surface area (TPSA) is 351 Å². The minimum absolute atomic E-state index is 0.0218. The van der Waals surface area contributed by atoms with Crippen molar-refractivity contribution in [2.24, 2.45) is 5.73 Å². The van der Waals surface area contributed by atoms with Gasteiger partial charge in [-0.2, -0.15) is 4.57 Å². The number of phosphoric acid groups is 2. The summed E-state index contributed by atoms with van der Waals surface area (Å²) in [6.07, 6.45) is -5.37. The van der Waals surface area contributed by atoms with Gasteiger partial charge in [0.2, 0.25) is 0 Å². The largest absolute Gasteiger partial charge is 0.756 e. The van der Waals surface area contributed by atoms with E-state index in [0.717, 1.165) is 17.1 Å². The summed E-state index contributed by atoms with van der Waals surface area (Å²) in [5.74, 6) is -1.55. The van der Waals surface area contributed by atoms with Gasteiger partial charge in [-0.05, 0) is 12.1 Å². The fourth-order valence-electron chi connectivity index (χ4n) is 5.53. The number of carbonyl (C=O) groups is 2. The van der Waals surface area contributed by atoms with E-state index in [4.69, 9.17) is 30.0 Å². The summed E-state index contributed by atoms with van der Waals surface area (Å²) in [6.45, 7) is -1.94. The summed E-state index contributed by atoms with van der Waals surface area (Å²) in [6, 6.07) is 4.08. The maximum atomic E-state index is 13.4. The van der Waals surface area contributed by atoms with Gasteiger partial charge >= 0.3 is 7.82 Å². The lowest BCUT2D eigenvalue weighted by molar-refractivity contribution is -0.765. The number of aliphatic hydroxyl groups is 4. The van der Waals surface area contributed by atoms with Gasteiger partial charge in [0.1, 0.15) is 47.9 Å². The van der Waals surface area contributed by atoms with E-state index in [2.05, 4.69) is 24.2 Å². The minimum Gasteiger partial charge on any atom is -0.756 e. The number of ketones is 1. The Kier molecular flexibility index (Phi) is 10.6. The second kappa shape index (κ2) is 14.7. The summed E-state index contributed by atoms with van der Waals surface area (Å²) in [4.78, 5) is 61.9. The number of imidazole rings is 1. The summed E-state index contributed by atoms with van der Waals surface area (Å²) in [5.41, 5.74) is 11.4. The molecular formula is C27H30N8O15P2. The lowest BCUT2D eigenvalue weighted by Crippen LogP contribution is -2.47. The van der Waals surface area contributed by atoms with Crippen molar-refractivity contribution in [1.82, 2.24) is 24.5 Å². The van der Waals surface area contributed by atoms with Crippen LogP contribution in [-0.4, -0.2) is 111 Å². The highest BCUT2D eigenvalue weighted by atomic mass is 31.3. The van der Waals surface area contributed by atoms with Crippen LogP contribution in [-0.2, 0) is 32.0 Å². The van der Waals surface area contributed by atoms with Crippen LogP contribution in [0.3, 0.4) is 0 Å². The molecular weight excluding hydrogens is 738 g/mol. The molecule has 0 spiro atoms. The molecule has 278 valence electrons. The standard InChI is InChI=1S/C27H30N8O15P2/c28-23-17-25(32-10-31-23)35(11-33-17)27-22(40)20(38)16(49-27)9-47-52(45,50-51(42,43)44)46-8-15-19(37)21(39)26(48-15)34-6-3-13(14(7-34)24(29)41)18(36)12-1-4-30-5-2-12/h1-7,10-11,15-16,19-22,26-27,37-40H,8-9H2,(H5-,28,29,31,32,41,42,43,44). The van der Waals surface area contributed by atoms with E-state index in [9.17, 15) is 48.9 Å². The minimum atomic E-state index is -5.84. The average molecular weight is 769 g/mol. The Morgan fingerprint density at radius 1 is 0.942 bits per heavy atom. The van der Waals surface area contributed by atoms with Crippen molar-refractivity contribution in [2.75, 3.05) is 18.9 Å². The number of nitrogen functional groups attached to an aromatic ring is 1. The van der Waals surface area contributed by atoms with Crippen LogP contribution >= 0.6 is 15.6 Å². The third kappa shape index (κ3) is 7.63. The number of anilines is 1. The molecule has 25 heteroatoms. The van der Waals surface area contributed by atoms with Crippen LogP contribution in [0.25, 0.3) is 11.2 Å². The summed E-state index contributed by atoms with van der Waals surface area (Å²) in [7, 11) is -11.2. The van der Waals surface area contributed by atoms with Crippen molar-refractivity contribution in [3.8, 4) is 0 Å². The predicted molar refractivity (Wildman–Crippen MR) is 165 cm³/mol. The average Bonchev–Trinajstić information content (AvgIpc) is 3.75. The zero-order valence-electron chi connectivity index (χ0n) is 26.3. The first-order chi connectivity index (χ1) is 24.6. The molecule has 0 aromatic carbocycles. The van der Waals surface area contributed by atoms with Gasteiger partial charge < -0.3 is 51.2 Å². The molecule has 2 fully saturated rings. The van der Waals surface area contributed by atoms with Crippen molar-refractivity contribution in [2.45, 2.75) is 49.1 Å². The van der Waals surface area contributed by atoms with Crippen molar-refractivity contribution < 1.29 is 76.3 Å². The molecule has 10 atom stereocenters. The van der Waals surface area contributed by atoms with Crippen LogP contribution in [0.1, 0.15) is 38.7 Å². The van der Waals surface area contributed by atoms with Gasteiger partial charge in [-0.3, -0.25) is 32.8 Å². The Morgan fingerprint density at radius 3 is 2.25 bits per heavy atom. The number of ether oxygens (including phenoxy) is 2. The predicted octanol–water partition coefficient (Wildman–Crippen LogP) is -3.02. The third-order valence-electron chi connectivity index (χ3n) is 8.06. The Labute approximate surface area is 291 Å². The van der Waals surface area contributed by atoms with Crippen molar-refractivity contribution in [3.05, 3.63) is 72.3 Å². The number of pyridine rings is 2. The Hall–Kier alpha value is -4.19. The quantitative estimate of drug-likeness (QED) is 0.0404. The van der Waals surface area contributed by atoms with E-state index in [1.165, 1.54) is 47.7 Å². The summed E-state index contributed by atoms with van der Waals surface area (Å²) < 4.78 is 52.9. The van der Waals surface area contributed by atoms with Crippen LogP contribution in [0, 0.1) is 0 Å². The number of hydrogen-bond donors (Lipinski definition) is 7. The normalized spacial score (nSPS) is 28.4. The number of nitrogens with zero attached hydrogens (tertiary/aromatic N) is 6. The van der Waals surface area contributed by atoms with Crippen LogP contribution in [0.5, 0.6) is 0 Å². The Balaban J connectivity index is 1.14. The number of rotatable bonds is 13. The molecule has 2 aliphatic heterocycles. The first kappa shape index (κ1) is 37.6. The molecule has 0 aliphatic carbocycles. The number of fused-ring (bicyclic) bond motifs is 1. The van der Waals surface area contributed by atoms with Gasteiger partial charge in [0, 0.05) is 29.6 Å². The molecule has 0 radical (unpaired) electrons. The highest BCUT2D eigenvalue weighted by molar-refractivity contribution is 7.60. The molecule has 52 heavy (non-hydrogen) atoms. The second-order valence-corrected chi connectivity index (χ2v) is 14.4. The van der Waals surface area contributed by atoms with Crippen LogP contribution in [0.2, 0.25) is 0 Å². The number of primary amides is 1. The van der Waals surface area contributed by atoms with Crippen LogP contribution in [0.15, 0.2) is 55.6 Å². The molecule has 0 bridgehead atoms. The van der Waals surface area contributed by atoms with E-state index >= 15 is 0 Å². The van der Waals surface area contributed by atoms with Gasteiger partial charge in [0.25, 0.3) is 20.0 Å². The zero-order valence-corrected chi connectivity index (χ0v) is 28.1. The maximum absolute atomic E-state index is 13.4. The molecule has 6 heterocycles. The molecule has 23 nitrogen and oxygen atoms in total. The summed E-state index contributed by atoms with van der Waals surface area (Å²) in [5, 5.41) is 42.8. The third-order valence-corrected chi connectivity index (χ3v) is 10.6. The molecule has 4 aromatic rings. The molecule has 2 aliphatic rings. The van der Waals surface area contributed by atoms with Gasteiger partial charge in [-0.1, -0.05) is 0 Å². The molecule has 9 N–H and O–H groups in total. The number of amides is 1. The molecule has 6 rings (SSSR count). The highest BCUT2D eigenvalue weighted by Gasteiger charge is 2.50. The first-order valence-corrected chi connectivity index (χ1v) is 17.9. The van der Waals surface area contributed by atoms with Gasteiger partial charge in [-0.25, -0.2) is 23.8 Å². The molecule has 10 unspecified atom stereocenters. The van der Waals surface area contributed by atoms with E-state index in [0.29, 0.717) is 0 Å². The van der Waals surface area contributed by atoms with Gasteiger partial charge in [-0.15, -0.1) is 0 Å². The van der Waals surface area contributed by atoms with Crippen molar-refractivity contribution in [1.29, 1.82) is 0 Å². The number of nitrogens with two attached hydrogens (primary N) is 2. The van der Waals surface area contributed by atoms with Gasteiger partial charge in [0.15, 0.2) is 42.0 Å². The Morgan fingerprint density at radius 2 is 1.60 bits per heavy atom. The number of phosphoric ester groups is 1. The smallest absolute Gasteiger partial charge is 0.481 e. The van der Waals surface area contributed by atoms with Gasteiger partial charge in [0.05, 0.1) is 19.5 Å². The molecule has 4 aromatic heterocycles. The molecule has 1 amide bonds. The van der Waals surface area contributed by atoms with E-state index in [1.54, 1.807) is 0 Å². The first-order valence-electron chi connectivity index (χ1n) is 15.0. The lowest BCUT2D eigenvalue weighted by atomic mass is 10.0. The SMILES string of the molecule is NC(=O)c1c[n+](C2OC(COP(=O)(OCC3OC(n4cnc5c(N)ncnc54)C(O)C3O)OP(=O)([O-])O)C(O)C2O)ccc1C(=O)c1ccncc1. The maximum Gasteiger partial charge on any atom is 0.481 e. The summed E-state index contributed by atoms with van der Waals surface area (Å²) >= 11 is 0. The number of aromatic nitrogens is 6. The number of hydrogen-bond acceptors (Lipinski definition) is 19. The fourth-order valence-corrected chi connectivity index (χ4v) is 7.65. The number of aliphatic hydroxyl groups excluding tert-OH is 4. The zero-order chi connectivity index (χ0) is 37.5. The number of carbonyl (C=O) groups excluding carboxylic acids is 2. The molecule has 0 saturated carbocycles. The van der Waals surface area contributed by atoms with E-state index < -0.39 is 89.6 Å². The van der Waals surface area contributed by atoms with Crippen molar-refractivity contribution >= 4 is 44.3 Å². The monoisotopic (exact) mass is 768 g/mol. The molecule has 2 saturated heterocycles. The van der Waals surface area contributed by atoms with E-state index in [1.807, 2.05) is 0 Å². The Bertz CT molecular complexity index is 2070.